The largest absolute Gasteiger partial charge is 0.497 e. The van der Waals surface area contributed by atoms with Crippen LogP contribution in [-0.4, -0.2) is 34.0 Å². The number of ether oxygens (including phenoxy) is 1. The lowest BCUT2D eigenvalue weighted by molar-refractivity contribution is 0.0952. The summed E-state index contributed by atoms with van der Waals surface area (Å²) < 4.78 is 32.6. The molecule has 4 N–H and O–H groups in total. The number of methoxy groups -OCH3 is 1. The number of carbonyl (C=O) groups is 1. The standard InChI is InChI=1S/C18H23N3O4S/c1-13(19)10-11-20-18(22)14-4-3-5-17(12-14)26(23,24)21-15-6-8-16(25-2)9-7-15/h3-9,12-13,21H,10-11,19H2,1-2H3,(H,20,22). The average molecular weight is 377 g/mol. The Morgan fingerprint density at radius 1 is 1.19 bits per heavy atom. The van der Waals surface area contributed by atoms with Crippen LogP contribution in [0.4, 0.5) is 5.69 Å². The summed E-state index contributed by atoms with van der Waals surface area (Å²) in [6.45, 7) is 2.28. The highest BCUT2D eigenvalue weighted by Gasteiger charge is 2.16. The number of sulfonamides is 1. The molecule has 1 atom stereocenters. The van der Waals surface area contributed by atoms with Gasteiger partial charge in [0.25, 0.3) is 15.9 Å². The highest BCUT2D eigenvalue weighted by atomic mass is 32.2. The summed E-state index contributed by atoms with van der Waals surface area (Å²) in [5.74, 6) is 0.283. The summed E-state index contributed by atoms with van der Waals surface area (Å²) in [6, 6.07) is 12.4. The van der Waals surface area contributed by atoms with Crippen LogP contribution < -0.4 is 20.5 Å². The van der Waals surface area contributed by atoms with Gasteiger partial charge >= 0.3 is 0 Å². The molecule has 0 radical (unpaired) electrons. The first-order valence-electron chi connectivity index (χ1n) is 8.12. The molecule has 8 heteroatoms. The molecule has 0 fully saturated rings. The molecular formula is C18H23N3O4S. The maximum absolute atomic E-state index is 12.5. The Bertz CT molecular complexity index is 849. The van der Waals surface area contributed by atoms with E-state index in [2.05, 4.69) is 10.0 Å². The Morgan fingerprint density at radius 3 is 2.50 bits per heavy atom. The fourth-order valence-electron chi connectivity index (χ4n) is 2.19. The zero-order valence-electron chi connectivity index (χ0n) is 14.7. The van der Waals surface area contributed by atoms with E-state index in [1.54, 1.807) is 30.3 Å². The summed E-state index contributed by atoms with van der Waals surface area (Å²) in [4.78, 5) is 12.2. The first-order valence-corrected chi connectivity index (χ1v) is 9.61. The van der Waals surface area contributed by atoms with Gasteiger partial charge in [-0.05, 0) is 55.8 Å². The molecule has 2 rings (SSSR count). The smallest absolute Gasteiger partial charge is 0.261 e. The van der Waals surface area contributed by atoms with E-state index in [0.717, 1.165) is 0 Å². The van der Waals surface area contributed by atoms with Crippen molar-refractivity contribution in [1.29, 1.82) is 0 Å². The minimum Gasteiger partial charge on any atom is -0.497 e. The minimum atomic E-state index is -3.81. The predicted molar refractivity (Wildman–Crippen MR) is 101 cm³/mol. The number of nitrogens with two attached hydrogens (primary N) is 1. The van der Waals surface area contributed by atoms with E-state index in [1.807, 2.05) is 6.92 Å². The molecular weight excluding hydrogens is 354 g/mol. The Kier molecular flexibility index (Phi) is 6.59. The average Bonchev–Trinajstić information content (AvgIpc) is 2.62. The SMILES string of the molecule is COc1ccc(NS(=O)(=O)c2cccc(C(=O)NCCC(C)N)c2)cc1. The van der Waals surface area contributed by atoms with Crippen LogP contribution >= 0.6 is 0 Å². The molecule has 0 aliphatic heterocycles. The quantitative estimate of drug-likeness (QED) is 0.651. The lowest BCUT2D eigenvalue weighted by Crippen LogP contribution is -2.29. The second-order valence-electron chi connectivity index (χ2n) is 5.88. The zero-order chi connectivity index (χ0) is 19.2. The number of amides is 1. The van der Waals surface area contributed by atoms with E-state index in [4.69, 9.17) is 10.5 Å². The highest BCUT2D eigenvalue weighted by molar-refractivity contribution is 7.92. The van der Waals surface area contributed by atoms with Gasteiger partial charge < -0.3 is 15.8 Å². The second-order valence-corrected chi connectivity index (χ2v) is 7.57. The van der Waals surface area contributed by atoms with Crippen molar-refractivity contribution in [3.8, 4) is 5.75 Å². The number of anilines is 1. The molecule has 2 aromatic carbocycles. The molecule has 0 bridgehead atoms. The molecule has 2 aromatic rings. The summed E-state index contributed by atoms with van der Waals surface area (Å²) in [7, 11) is -2.28. The van der Waals surface area contributed by atoms with Crippen LogP contribution in [0.1, 0.15) is 23.7 Å². The maximum atomic E-state index is 12.5. The van der Waals surface area contributed by atoms with E-state index in [9.17, 15) is 13.2 Å². The molecule has 0 aromatic heterocycles. The highest BCUT2D eigenvalue weighted by Crippen LogP contribution is 2.20. The van der Waals surface area contributed by atoms with Crippen LogP contribution in [0.3, 0.4) is 0 Å². The first-order chi connectivity index (χ1) is 12.3. The van der Waals surface area contributed by atoms with Crippen molar-refractivity contribution < 1.29 is 17.9 Å². The van der Waals surface area contributed by atoms with E-state index in [1.165, 1.54) is 25.3 Å². The number of hydrogen-bond acceptors (Lipinski definition) is 5. The molecule has 0 spiro atoms. The van der Waals surface area contributed by atoms with Crippen molar-refractivity contribution >= 4 is 21.6 Å². The van der Waals surface area contributed by atoms with Crippen LogP contribution in [0.5, 0.6) is 5.75 Å². The van der Waals surface area contributed by atoms with Gasteiger partial charge in [0.15, 0.2) is 0 Å². The molecule has 0 heterocycles. The normalized spacial score (nSPS) is 12.3. The fraction of sp³-hybridized carbons (Fsp3) is 0.278. The third kappa shape index (κ3) is 5.47. The van der Waals surface area contributed by atoms with Gasteiger partial charge in [0, 0.05) is 23.8 Å². The molecule has 140 valence electrons. The number of carbonyl (C=O) groups excluding carboxylic acids is 1. The summed E-state index contributed by atoms with van der Waals surface area (Å²) in [6.07, 6.45) is 0.642. The molecule has 7 nitrogen and oxygen atoms in total. The van der Waals surface area contributed by atoms with Gasteiger partial charge in [-0.15, -0.1) is 0 Å². The Balaban J connectivity index is 2.12. The molecule has 26 heavy (non-hydrogen) atoms. The maximum Gasteiger partial charge on any atom is 0.261 e. The second kappa shape index (κ2) is 8.68. The van der Waals surface area contributed by atoms with Gasteiger partial charge in [-0.3, -0.25) is 9.52 Å². The van der Waals surface area contributed by atoms with Crippen LogP contribution in [0.25, 0.3) is 0 Å². The van der Waals surface area contributed by atoms with Crippen LogP contribution in [-0.2, 0) is 10.0 Å². The molecule has 1 unspecified atom stereocenters. The lowest BCUT2D eigenvalue weighted by atomic mass is 10.2. The van der Waals surface area contributed by atoms with Crippen LogP contribution in [0, 0.1) is 0 Å². The molecule has 1 amide bonds. The number of benzene rings is 2. The monoisotopic (exact) mass is 377 g/mol. The van der Waals surface area contributed by atoms with Gasteiger partial charge in [-0.1, -0.05) is 6.07 Å². The van der Waals surface area contributed by atoms with Gasteiger partial charge in [0.2, 0.25) is 0 Å². The van der Waals surface area contributed by atoms with E-state index in [0.29, 0.717) is 24.4 Å². The van der Waals surface area contributed by atoms with Crippen molar-refractivity contribution in [2.24, 2.45) is 5.73 Å². The van der Waals surface area contributed by atoms with Gasteiger partial charge in [0.05, 0.1) is 12.0 Å². The number of nitrogens with one attached hydrogen (secondary N) is 2. The summed E-state index contributed by atoms with van der Waals surface area (Å²) in [5.41, 5.74) is 6.31. The molecule has 0 saturated carbocycles. The molecule has 0 aliphatic rings. The van der Waals surface area contributed by atoms with Crippen molar-refractivity contribution in [1.82, 2.24) is 5.32 Å². The summed E-state index contributed by atoms with van der Waals surface area (Å²) in [5, 5.41) is 2.72. The lowest BCUT2D eigenvalue weighted by Gasteiger charge is -2.11. The minimum absolute atomic E-state index is 0.00756. The Morgan fingerprint density at radius 2 is 1.88 bits per heavy atom. The van der Waals surface area contributed by atoms with Gasteiger partial charge in [-0.2, -0.15) is 0 Å². The van der Waals surface area contributed by atoms with E-state index >= 15 is 0 Å². The van der Waals surface area contributed by atoms with Crippen molar-refractivity contribution in [3.63, 3.8) is 0 Å². The van der Waals surface area contributed by atoms with Gasteiger partial charge in [-0.25, -0.2) is 8.42 Å². The summed E-state index contributed by atoms with van der Waals surface area (Å²) >= 11 is 0. The number of rotatable bonds is 8. The van der Waals surface area contributed by atoms with Crippen molar-refractivity contribution in [3.05, 3.63) is 54.1 Å². The third-order valence-corrected chi connectivity index (χ3v) is 5.01. The molecule has 0 aliphatic carbocycles. The third-order valence-electron chi connectivity index (χ3n) is 3.63. The molecule has 0 saturated heterocycles. The van der Waals surface area contributed by atoms with Crippen LogP contribution in [0.2, 0.25) is 0 Å². The number of hydrogen-bond donors (Lipinski definition) is 3. The predicted octanol–water partition coefficient (Wildman–Crippen LogP) is 1.96. The first kappa shape index (κ1) is 19.7. The fourth-order valence-corrected chi connectivity index (χ4v) is 3.30. The van der Waals surface area contributed by atoms with E-state index < -0.39 is 10.0 Å². The Hall–Kier alpha value is -2.58. The van der Waals surface area contributed by atoms with E-state index in [-0.39, 0.29) is 22.4 Å². The van der Waals surface area contributed by atoms with Gasteiger partial charge in [0.1, 0.15) is 5.75 Å². The topological polar surface area (TPSA) is 111 Å². The Labute approximate surface area is 153 Å². The van der Waals surface area contributed by atoms with Crippen LogP contribution in [0.15, 0.2) is 53.4 Å². The van der Waals surface area contributed by atoms with Crippen molar-refractivity contribution in [2.75, 3.05) is 18.4 Å². The zero-order valence-corrected chi connectivity index (χ0v) is 15.5. The van der Waals surface area contributed by atoms with Crippen molar-refractivity contribution in [2.45, 2.75) is 24.3 Å².